The Morgan fingerprint density at radius 3 is 2.62 bits per heavy atom. The number of H-pyrrole nitrogens is 1. The summed E-state index contributed by atoms with van der Waals surface area (Å²) in [6.45, 7) is 10.2. The van der Waals surface area contributed by atoms with Gasteiger partial charge in [0.25, 0.3) is 5.56 Å². The second-order valence-corrected chi connectivity index (χ2v) is 9.24. The summed E-state index contributed by atoms with van der Waals surface area (Å²) >= 11 is 0. The van der Waals surface area contributed by atoms with Crippen molar-refractivity contribution in [3.05, 3.63) is 63.0 Å². The minimum Gasteiger partial charge on any atom is -0.359 e. The SMILES string of the molecule is C=C(C)C1(c2c(F)cc(F)cc2CCC)CCN(c2nc3c(c(=O)[nH]2)CCCN3C)CC1. The molecule has 0 atom stereocenters. The summed E-state index contributed by atoms with van der Waals surface area (Å²) in [6, 6.07) is 2.46. The molecule has 1 N–H and O–H groups in total. The molecule has 2 aromatic rings. The van der Waals surface area contributed by atoms with Crippen molar-refractivity contribution >= 4 is 11.8 Å². The van der Waals surface area contributed by atoms with Crippen LogP contribution in [0.3, 0.4) is 0 Å². The van der Waals surface area contributed by atoms with Crippen molar-refractivity contribution in [3.63, 3.8) is 0 Å². The van der Waals surface area contributed by atoms with Crippen LogP contribution in [0, 0.1) is 11.6 Å². The molecular formula is C25H32F2N4O. The minimum atomic E-state index is -0.565. The third kappa shape index (κ3) is 3.82. The molecule has 0 radical (unpaired) electrons. The Hall–Kier alpha value is -2.70. The second kappa shape index (κ2) is 8.68. The Morgan fingerprint density at radius 2 is 1.97 bits per heavy atom. The number of anilines is 2. The van der Waals surface area contributed by atoms with Gasteiger partial charge in [-0.25, -0.2) is 8.78 Å². The molecule has 0 bridgehead atoms. The fraction of sp³-hybridized carbons (Fsp3) is 0.520. The van der Waals surface area contributed by atoms with Crippen LogP contribution in [-0.2, 0) is 18.3 Å². The van der Waals surface area contributed by atoms with E-state index in [0.717, 1.165) is 54.4 Å². The number of piperidine rings is 1. The van der Waals surface area contributed by atoms with E-state index in [1.807, 2.05) is 25.8 Å². The summed E-state index contributed by atoms with van der Waals surface area (Å²) in [4.78, 5) is 24.5. The number of aromatic amines is 1. The van der Waals surface area contributed by atoms with E-state index in [-0.39, 0.29) is 5.56 Å². The molecule has 1 aromatic heterocycles. The second-order valence-electron chi connectivity index (χ2n) is 9.24. The summed E-state index contributed by atoms with van der Waals surface area (Å²) < 4.78 is 29.2. The normalized spacial score (nSPS) is 17.9. The van der Waals surface area contributed by atoms with Crippen molar-refractivity contribution < 1.29 is 8.78 Å². The molecule has 1 aromatic carbocycles. The third-order valence-electron chi connectivity index (χ3n) is 7.13. The fourth-order valence-electron chi connectivity index (χ4n) is 5.38. The van der Waals surface area contributed by atoms with Crippen molar-refractivity contribution in [1.29, 1.82) is 0 Å². The van der Waals surface area contributed by atoms with E-state index in [1.165, 1.54) is 6.07 Å². The molecule has 172 valence electrons. The Balaban J connectivity index is 1.67. The molecule has 0 aliphatic carbocycles. The van der Waals surface area contributed by atoms with Crippen molar-refractivity contribution in [1.82, 2.24) is 9.97 Å². The number of nitrogens with zero attached hydrogens (tertiary/aromatic N) is 3. The molecule has 0 amide bonds. The fourth-order valence-corrected chi connectivity index (χ4v) is 5.38. The number of aryl methyl sites for hydroxylation is 1. The first-order valence-corrected chi connectivity index (χ1v) is 11.5. The van der Waals surface area contributed by atoms with E-state index < -0.39 is 17.0 Å². The number of benzene rings is 1. The molecule has 7 heteroatoms. The number of nitrogens with one attached hydrogen (secondary N) is 1. The van der Waals surface area contributed by atoms with Crippen LogP contribution in [0.4, 0.5) is 20.5 Å². The number of allylic oxidation sites excluding steroid dienone is 1. The van der Waals surface area contributed by atoms with Crippen molar-refractivity contribution in [2.75, 3.05) is 36.5 Å². The monoisotopic (exact) mass is 442 g/mol. The largest absolute Gasteiger partial charge is 0.359 e. The highest BCUT2D eigenvalue weighted by Gasteiger charge is 2.41. The highest BCUT2D eigenvalue weighted by atomic mass is 19.1. The number of fused-ring (bicyclic) bond motifs is 1. The number of hydrogen-bond acceptors (Lipinski definition) is 4. The van der Waals surface area contributed by atoms with Crippen molar-refractivity contribution in [2.45, 2.75) is 57.8 Å². The van der Waals surface area contributed by atoms with Crippen LogP contribution >= 0.6 is 0 Å². The Morgan fingerprint density at radius 1 is 1.25 bits per heavy atom. The van der Waals surface area contributed by atoms with Gasteiger partial charge < -0.3 is 9.80 Å². The first-order chi connectivity index (χ1) is 15.3. The zero-order valence-corrected chi connectivity index (χ0v) is 19.2. The van der Waals surface area contributed by atoms with Gasteiger partial charge in [0.15, 0.2) is 0 Å². The molecule has 0 saturated carbocycles. The Bertz CT molecular complexity index is 1090. The van der Waals surface area contributed by atoms with Gasteiger partial charge in [0, 0.05) is 43.7 Å². The summed E-state index contributed by atoms with van der Waals surface area (Å²) in [5, 5.41) is 0. The van der Waals surface area contributed by atoms with Gasteiger partial charge in [-0.15, -0.1) is 0 Å². The molecule has 32 heavy (non-hydrogen) atoms. The van der Waals surface area contributed by atoms with Gasteiger partial charge in [-0.1, -0.05) is 25.5 Å². The third-order valence-corrected chi connectivity index (χ3v) is 7.13. The molecule has 1 saturated heterocycles. The highest BCUT2D eigenvalue weighted by molar-refractivity contribution is 5.52. The molecule has 3 heterocycles. The molecule has 0 spiro atoms. The predicted octanol–water partition coefficient (Wildman–Crippen LogP) is 4.50. The lowest BCUT2D eigenvalue weighted by molar-refractivity contribution is 0.364. The topological polar surface area (TPSA) is 52.2 Å². The number of halogens is 2. The zero-order chi connectivity index (χ0) is 23.0. The first kappa shape index (κ1) is 22.5. The van der Waals surface area contributed by atoms with Crippen LogP contribution in [0.25, 0.3) is 0 Å². The lowest BCUT2D eigenvalue weighted by Crippen LogP contribution is -2.45. The summed E-state index contributed by atoms with van der Waals surface area (Å²) in [5.41, 5.74) is 2.29. The summed E-state index contributed by atoms with van der Waals surface area (Å²) in [5.74, 6) is 0.281. The van der Waals surface area contributed by atoms with E-state index in [0.29, 0.717) is 43.9 Å². The van der Waals surface area contributed by atoms with Gasteiger partial charge in [0.05, 0.1) is 5.56 Å². The first-order valence-electron chi connectivity index (χ1n) is 11.5. The zero-order valence-electron chi connectivity index (χ0n) is 19.2. The highest BCUT2D eigenvalue weighted by Crippen LogP contribution is 2.45. The maximum Gasteiger partial charge on any atom is 0.257 e. The number of aromatic nitrogens is 2. The van der Waals surface area contributed by atoms with Crippen LogP contribution in [0.2, 0.25) is 0 Å². The van der Waals surface area contributed by atoms with Crippen LogP contribution in [0.5, 0.6) is 0 Å². The maximum atomic E-state index is 15.2. The standard InChI is InChI=1S/C25H32F2N4O/c1-5-7-17-14-18(26)15-20(27)21(17)25(16(2)3)9-12-31(13-10-25)24-28-22-19(23(32)29-24)8-6-11-30(22)4/h14-15H,2,5-13H2,1,3-4H3,(H,28,29,32). The Labute approximate surface area is 188 Å². The van der Waals surface area contributed by atoms with Crippen LogP contribution in [0.15, 0.2) is 29.1 Å². The van der Waals surface area contributed by atoms with E-state index >= 15 is 4.39 Å². The quantitative estimate of drug-likeness (QED) is 0.693. The number of rotatable bonds is 5. The lowest BCUT2D eigenvalue weighted by atomic mass is 9.66. The smallest absolute Gasteiger partial charge is 0.257 e. The summed E-state index contributed by atoms with van der Waals surface area (Å²) in [6.07, 6.45) is 4.36. The van der Waals surface area contributed by atoms with Gasteiger partial charge in [-0.05, 0) is 50.7 Å². The Kier molecular flexibility index (Phi) is 6.10. The molecule has 2 aliphatic rings. The lowest BCUT2D eigenvalue weighted by Gasteiger charge is -2.44. The van der Waals surface area contributed by atoms with E-state index in [4.69, 9.17) is 4.98 Å². The van der Waals surface area contributed by atoms with Gasteiger partial charge in [0.2, 0.25) is 5.95 Å². The van der Waals surface area contributed by atoms with Gasteiger partial charge in [0.1, 0.15) is 17.5 Å². The van der Waals surface area contributed by atoms with Crippen LogP contribution in [0.1, 0.15) is 56.2 Å². The van der Waals surface area contributed by atoms with Gasteiger partial charge in [-0.2, -0.15) is 4.98 Å². The number of hydrogen-bond donors (Lipinski definition) is 1. The maximum absolute atomic E-state index is 15.2. The van der Waals surface area contributed by atoms with Crippen molar-refractivity contribution in [3.8, 4) is 0 Å². The van der Waals surface area contributed by atoms with E-state index in [2.05, 4.69) is 16.5 Å². The molecule has 0 unspecified atom stereocenters. The molecule has 5 nitrogen and oxygen atoms in total. The average molecular weight is 443 g/mol. The molecule has 4 rings (SSSR count). The van der Waals surface area contributed by atoms with E-state index in [9.17, 15) is 9.18 Å². The van der Waals surface area contributed by atoms with Crippen LogP contribution < -0.4 is 15.4 Å². The average Bonchev–Trinajstić information content (AvgIpc) is 2.74. The predicted molar refractivity (Wildman–Crippen MR) is 125 cm³/mol. The summed E-state index contributed by atoms with van der Waals surface area (Å²) in [7, 11) is 1.96. The molecule has 1 fully saturated rings. The molecule has 2 aliphatic heterocycles. The van der Waals surface area contributed by atoms with Gasteiger partial charge in [-0.3, -0.25) is 9.78 Å². The van der Waals surface area contributed by atoms with Gasteiger partial charge >= 0.3 is 0 Å². The molecular weight excluding hydrogens is 410 g/mol. The van der Waals surface area contributed by atoms with Crippen molar-refractivity contribution in [2.24, 2.45) is 0 Å². The van der Waals surface area contributed by atoms with E-state index in [1.54, 1.807) is 0 Å². The minimum absolute atomic E-state index is 0.0805. The van der Waals surface area contributed by atoms with Crippen LogP contribution in [-0.4, -0.2) is 36.6 Å².